The van der Waals surface area contributed by atoms with Crippen LogP contribution in [0.2, 0.25) is 0 Å². The average molecular weight is 161 g/mol. The molecule has 1 heterocycles. The SMILES string of the molecule is CC.CCNC1COCC1O. The van der Waals surface area contributed by atoms with Gasteiger partial charge in [-0.25, -0.2) is 0 Å². The largest absolute Gasteiger partial charge is 0.389 e. The average Bonchev–Trinajstić information content (AvgIpc) is 2.42. The number of aliphatic hydroxyl groups excluding tert-OH is 1. The minimum Gasteiger partial charge on any atom is -0.389 e. The minimum atomic E-state index is -0.301. The van der Waals surface area contributed by atoms with Crippen LogP contribution < -0.4 is 5.32 Å². The molecule has 1 saturated heterocycles. The van der Waals surface area contributed by atoms with Gasteiger partial charge in [-0.3, -0.25) is 0 Å². The van der Waals surface area contributed by atoms with E-state index in [1.807, 2.05) is 20.8 Å². The number of rotatable bonds is 2. The van der Waals surface area contributed by atoms with Gasteiger partial charge in [-0.15, -0.1) is 0 Å². The van der Waals surface area contributed by atoms with Gasteiger partial charge in [-0.2, -0.15) is 0 Å². The first-order valence-electron chi connectivity index (χ1n) is 4.33. The summed E-state index contributed by atoms with van der Waals surface area (Å²) >= 11 is 0. The van der Waals surface area contributed by atoms with E-state index in [2.05, 4.69) is 5.32 Å². The molecule has 1 rings (SSSR count). The molecule has 0 radical (unpaired) electrons. The normalized spacial score (nSPS) is 29.5. The number of hydrogen-bond donors (Lipinski definition) is 2. The summed E-state index contributed by atoms with van der Waals surface area (Å²) < 4.78 is 5.01. The maximum Gasteiger partial charge on any atom is 0.0948 e. The predicted octanol–water partition coefficient (Wildman–Crippen LogP) is 0.382. The van der Waals surface area contributed by atoms with Crippen LogP contribution in [0.1, 0.15) is 20.8 Å². The molecule has 1 fully saturated rings. The molecule has 3 nitrogen and oxygen atoms in total. The van der Waals surface area contributed by atoms with Crippen molar-refractivity contribution in [2.45, 2.75) is 32.9 Å². The molecule has 0 amide bonds. The smallest absolute Gasteiger partial charge is 0.0948 e. The summed E-state index contributed by atoms with van der Waals surface area (Å²) in [6.45, 7) is 8.04. The van der Waals surface area contributed by atoms with Gasteiger partial charge in [0.2, 0.25) is 0 Å². The molecule has 1 aliphatic rings. The fourth-order valence-corrected chi connectivity index (χ4v) is 1.00. The molecule has 0 bridgehead atoms. The molecule has 0 aromatic heterocycles. The van der Waals surface area contributed by atoms with Crippen molar-refractivity contribution >= 4 is 0 Å². The summed E-state index contributed by atoms with van der Waals surface area (Å²) in [5, 5.41) is 12.3. The van der Waals surface area contributed by atoms with Crippen LogP contribution >= 0.6 is 0 Å². The zero-order valence-electron chi connectivity index (χ0n) is 7.63. The molecule has 3 heteroatoms. The van der Waals surface area contributed by atoms with Crippen LogP contribution in [-0.4, -0.2) is 37.0 Å². The third-order valence-corrected chi connectivity index (χ3v) is 1.52. The van der Waals surface area contributed by atoms with Gasteiger partial charge in [-0.05, 0) is 6.54 Å². The van der Waals surface area contributed by atoms with E-state index in [-0.39, 0.29) is 12.1 Å². The van der Waals surface area contributed by atoms with E-state index in [9.17, 15) is 0 Å². The Morgan fingerprint density at radius 3 is 2.45 bits per heavy atom. The van der Waals surface area contributed by atoms with Crippen molar-refractivity contribution in [3.05, 3.63) is 0 Å². The lowest BCUT2D eigenvalue weighted by molar-refractivity contribution is 0.122. The highest BCUT2D eigenvalue weighted by atomic mass is 16.5. The van der Waals surface area contributed by atoms with Crippen LogP contribution in [0.5, 0.6) is 0 Å². The second-order valence-electron chi connectivity index (χ2n) is 2.27. The van der Waals surface area contributed by atoms with E-state index in [4.69, 9.17) is 9.84 Å². The minimum absolute atomic E-state index is 0.162. The lowest BCUT2D eigenvalue weighted by Crippen LogP contribution is -2.38. The fraction of sp³-hybridized carbons (Fsp3) is 1.00. The van der Waals surface area contributed by atoms with Crippen molar-refractivity contribution in [3.63, 3.8) is 0 Å². The molecule has 0 aromatic carbocycles. The Bertz CT molecular complexity index is 88.2. The van der Waals surface area contributed by atoms with Gasteiger partial charge in [0.15, 0.2) is 0 Å². The summed E-state index contributed by atoms with van der Waals surface area (Å²) in [6.07, 6.45) is -0.301. The number of likely N-dealkylation sites (N-methyl/N-ethyl adjacent to an activating group) is 1. The number of ether oxygens (including phenoxy) is 1. The standard InChI is InChI=1S/C6H13NO2.C2H6/c1-2-7-5-3-9-4-6(5)8;1-2/h5-8H,2-4H2,1H3;1-2H3. The lowest BCUT2D eigenvalue weighted by atomic mass is 10.2. The van der Waals surface area contributed by atoms with Gasteiger partial charge in [-0.1, -0.05) is 20.8 Å². The van der Waals surface area contributed by atoms with E-state index in [0.717, 1.165) is 6.54 Å². The monoisotopic (exact) mass is 161 g/mol. The molecule has 0 aliphatic carbocycles. The van der Waals surface area contributed by atoms with Crippen molar-refractivity contribution in [2.75, 3.05) is 19.8 Å². The van der Waals surface area contributed by atoms with Gasteiger partial charge in [0.25, 0.3) is 0 Å². The van der Waals surface area contributed by atoms with Crippen LogP contribution in [0.3, 0.4) is 0 Å². The highest BCUT2D eigenvalue weighted by Crippen LogP contribution is 2.03. The lowest BCUT2D eigenvalue weighted by Gasteiger charge is -2.11. The zero-order valence-corrected chi connectivity index (χ0v) is 7.63. The van der Waals surface area contributed by atoms with Crippen LogP contribution in [0.15, 0.2) is 0 Å². The highest BCUT2D eigenvalue weighted by molar-refractivity contribution is 4.79. The molecule has 68 valence electrons. The van der Waals surface area contributed by atoms with Crippen LogP contribution in [-0.2, 0) is 4.74 Å². The van der Waals surface area contributed by atoms with Crippen molar-refractivity contribution in [3.8, 4) is 0 Å². The molecule has 2 N–H and O–H groups in total. The second-order valence-corrected chi connectivity index (χ2v) is 2.27. The van der Waals surface area contributed by atoms with E-state index >= 15 is 0 Å². The van der Waals surface area contributed by atoms with Gasteiger partial charge in [0.1, 0.15) is 0 Å². The Kier molecular flexibility index (Phi) is 6.51. The number of aliphatic hydroxyl groups is 1. The first-order chi connectivity index (χ1) is 5.34. The molecular weight excluding hydrogens is 142 g/mol. The van der Waals surface area contributed by atoms with Gasteiger partial charge in [0, 0.05) is 0 Å². The number of hydrogen-bond acceptors (Lipinski definition) is 3. The van der Waals surface area contributed by atoms with Gasteiger partial charge < -0.3 is 15.2 Å². The summed E-state index contributed by atoms with van der Waals surface area (Å²) in [4.78, 5) is 0. The van der Waals surface area contributed by atoms with Crippen molar-refractivity contribution < 1.29 is 9.84 Å². The maximum absolute atomic E-state index is 9.13. The topological polar surface area (TPSA) is 41.5 Å². The zero-order chi connectivity index (χ0) is 8.69. The summed E-state index contributed by atoms with van der Waals surface area (Å²) in [6, 6.07) is 0.162. The first-order valence-corrected chi connectivity index (χ1v) is 4.33. The molecular formula is C8H19NO2. The fourth-order valence-electron chi connectivity index (χ4n) is 1.00. The summed E-state index contributed by atoms with van der Waals surface area (Å²) in [5.74, 6) is 0. The Morgan fingerprint density at radius 2 is 2.09 bits per heavy atom. The third kappa shape index (κ3) is 3.70. The predicted molar refractivity (Wildman–Crippen MR) is 45.6 cm³/mol. The molecule has 2 atom stereocenters. The maximum atomic E-state index is 9.13. The molecule has 1 aliphatic heterocycles. The van der Waals surface area contributed by atoms with Crippen LogP contribution in [0.25, 0.3) is 0 Å². The van der Waals surface area contributed by atoms with Crippen molar-refractivity contribution in [1.29, 1.82) is 0 Å². The molecule has 11 heavy (non-hydrogen) atoms. The van der Waals surface area contributed by atoms with E-state index in [0.29, 0.717) is 13.2 Å². The summed E-state index contributed by atoms with van der Waals surface area (Å²) in [7, 11) is 0. The van der Waals surface area contributed by atoms with E-state index < -0.39 is 0 Å². The molecule has 0 spiro atoms. The van der Waals surface area contributed by atoms with Crippen LogP contribution in [0.4, 0.5) is 0 Å². The van der Waals surface area contributed by atoms with Crippen molar-refractivity contribution in [2.24, 2.45) is 0 Å². The van der Waals surface area contributed by atoms with Gasteiger partial charge >= 0.3 is 0 Å². The Labute approximate surface area is 68.8 Å². The Hall–Kier alpha value is -0.120. The first kappa shape index (κ1) is 10.9. The Morgan fingerprint density at radius 1 is 1.45 bits per heavy atom. The highest BCUT2D eigenvalue weighted by Gasteiger charge is 2.24. The van der Waals surface area contributed by atoms with Crippen molar-refractivity contribution in [1.82, 2.24) is 5.32 Å². The quantitative estimate of drug-likeness (QED) is 0.615. The molecule has 2 unspecified atom stereocenters. The van der Waals surface area contributed by atoms with Crippen LogP contribution in [0, 0.1) is 0 Å². The third-order valence-electron chi connectivity index (χ3n) is 1.52. The molecule has 0 saturated carbocycles. The van der Waals surface area contributed by atoms with E-state index in [1.165, 1.54) is 0 Å². The number of nitrogens with one attached hydrogen (secondary N) is 1. The van der Waals surface area contributed by atoms with E-state index in [1.54, 1.807) is 0 Å². The molecule has 0 aromatic rings. The Balaban J connectivity index is 0.000000461. The van der Waals surface area contributed by atoms with Gasteiger partial charge in [0.05, 0.1) is 25.4 Å². The second kappa shape index (κ2) is 6.58. The summed E-state index contributed by atoms with van der Waals surface area (Å²) in [5.41, 5.74) is 0.